The summed E-state index contributed by atoms with van der Waals surface area (Å²) in [5, 5.41) is 9.63. The molecule has 2 heterocycles. The second kappa shape index (κ2) is 4.73. The number of fused-ring (bicyclic) bond motifs is 5. The van der Waals surface area contributed by atoms with Crippen LogP contribution in [0.25, 0.3) is 0 Å². The lowest BCUT2D eigenvalue weighted by Gasteiger charge is -2.28. The average Bonchev–Trinajstić information content (AvgIpc) is 2.91. The van der Waals surface area contributed by atoms with Crippen LogP contribution in [0, 0.1) is 0 Å². The predicted octanol–water partition coefficient (Wildman–Crippen LogP) is 3.02. The molecule has 2 aliphatic rings. The third-order valence-electron chi connectivity index (χ3n) is 4.26. The number of rotatable bonds is 2. The molecule has 0 bridgehead atoms. The lowest BCUT2D eigenvalue weighted by Crippen LogP contribution is -2.23. The van der Waals surface area contributed by atoms with Gasteiger partial charge in [0, 0.05) is 23.3 Å². The van der Waals surface area contributed by atoms with Crippen LogP contribution in [0.1, 0.15) is 23.1 Å². The summed E-state index contributed by atoms with van der Waals surface area (Å²) >= 11 is 0. The maximum Gasteiger partial charge on any atom is 0.164 e. The van der Waals surface area contributed by atoms with Crippen molar-refractivity contribution in [1.29, 1.82) is 0 Å². The quantitative estimate of drug-likeness (QED) is 0.924. The zero-order valence-corrected chi connectivity index (χ0v) is 12.3. The minimum atomic E-state index is -0.139. The molecule has 0 unspecified atom stereocenters. The van der Waals surface area contributed by atoms with Crippen LogP contribution in [0.3, 0.4) is 0 Å². The van der Waals surface area contributed by atoms with Crippen LogP contribution in [-0.2, 0) is 0 Å². The largest absolute Gasteiger partial charge is 0.508 e. The Morgan fingerprint density at radius 2 is 1.77 bits per heavy atom. The second-order valence-electron chi connectivity index (χ2n) is 5.42. The van der Waals surface area contributed by atoms with E-state index in [1.807, 2.05) is 18.2 Å². The Morgan fingerprint density at radius 3 is 2.55 bits per heavy atom. The SMILES string of the molecule is COc1cc2c(cc1OC)[C@@H]1Oc3cc(O)ccc3[C@H]1CO2. The zero-order chi connectivity index (χ0) is 15.3. The van der Waals surface area contributed by atoms with E-state index >= 15 is 0 Å². The van der Waals surface area contributed by atoms with Gasteiger partial charge in [0.1, 0.15) is 23.4 Å². The molecule has 2 aromatic rings. The van der Waals surface area contributed by atoms with E-state index in [1.54, 1.807) is 26.4 Å². The number of benzene rings is 2. The smallest absolute Gasteiger partial charge is 0.164 e. The van der Waals surface area contributed by atoms with E-state index in [2.05, 4.69) is 0 Å². The Morgan fingerprint density at radius 1 is 1.00 bits per heavy atom. The van der Waals surface area contributed by atoms with Crippen LogP contribution < -0.4 is 18.9 Å². The molecule has 0 aliphatic carbocycles. The molecule has 5 nitrogen and oxygen atoms in total. The van der Waals surface area contributed by atoms with Gasteiger partial charge in [0.2, 0.25) is 0 Å². The topological polar surface area (TPSA) is 57.2 Å². The Kier molecular flexibility index (Phi) is 2.82. The number of hydrogen-bond acceptors (Lipinski definition) is 5. The van der Waals surface area contributed by atoms with Gasteiger partial charge in [-0.3, -0.25) is 0 Å². The first-order valence-electron chi connectivity index (χ1n) is 7.09. The fraction of sp³-hybridized carbons (Fsp3) is 0.294. The highest BCUT2D eigenvalue weighted by Crippen LogP contribution is 2.53. The van der Waals surface area contributed by atoms with Crippen molar-refractivity contribution in [3.05, 3.63) is 41.5 Å². The first kappa shape index (κ1) is 13.1. The van der Waals surface area contributed by atoms with Crippen LogP contribution in [0.2, 0.25) is 0 Å². The molecule has 0 fully saturated rings. The molecule has 0 radical (unpaired) electrons. The van der Waals surface area contributed by atoms with Crippen molar-refractivity contribution in [1.82, 2.24) is 0 Å². The van der Waals surface area contributed by atoms with Crippen LogP contribution in [0.5, 0.6) is 28.7 Å². The molecule has 0 spiro atoms. The molecule has 0 amide bonds. The first-order chi connectivity index (χ1) is 10.7. The molecule has 1 N–H and O–H groups in total. The number of phenols is 1. The molecule has 0 saturated carbocycles. The van der Waals surface area contributed by atoms with Crippen LogP contribution >= 0.6 is 0 Å². The van der Waals surface area contributed by atoms with Crippen molar-refractivity contribution in [3.8, 4) is 28.7 Å². The van der Waals surface area contributed by atoms with E-state index in [4.69, 9.17) is 18.9 Å². The summed E-state index contributed by atoms with van der Waals surface area (Å²) < 4.78 is 22.6. The van der Waals surface area contributed by atoms with E-state index < -0.39 is 0 Å². The van der Waals surface area contributed by atoms with Gasteiger partial charge in [0.15, 0.2) is 11.5 Å². The molecule has 22 heavy (non-hydrogen) atoms. The minimum absolute atomic E-state index is 0.112. The van der Waals surface area contributed by atoms with Crippen molar-refractivity contribution < 1.29 is 24.1 Å². The predicted molar refractivity (Wildman–Crippen MR) is 79.3 cm³/mol. The van der Waals surface area contributed by atoms with Crippen molar-refractivity contribution in [2.24, 2.45) is 0 Å². The number of ether oxygens (including phenoxy) is 4. The summed E-state index contributed by atoms with van der Waals surface area (Å²) in [7, 11) is 3.20. The van der Waals surface area contributed by atoms with E-state index in [-0.39, 0.29) is 17.8 Å². The molecule has 5 heteroatoms. The number of aromatic hydroxyl groups is 1. The number of hydrogen-bond donors (Lipinski definition) is 1. The van der Waals surface area contributed by atoms with Gasteiger partial charge in [-0.2, -0.15) is 0 Å². The molecule has 0 saturated heterocycles. The van der Waals surface area contributed by atoms with Crippen LogP contribution in [-0.4, -0.2) is 25.9 Å². The lowest BCUT2D eigenvalue weighted by atomic mass is 9.89. The molecule has 2 aliphatic heterocycles. The monoisotopic (exact) mass is 300 g/mol. The molecule has 2 atom stereocenters. The molecular weight excluding hydrogens is 284 g/mol. The highest BCUT2D eigenvalue weighted by atomic mass is 16.5. The third-order valence-corrected chi connectivity index (χ3v) is 4.26. The van der Waals surface area contributed by atoms with E-state index in [0.29, 0.717) is 23.9 Å². The third kappa shape index (κ3) is 1.78. The van der Waals surface area contributed by atoms with Crippen molar-refractivity contribution >= 4 is 0 Å². The number of methoxy groups -OCH3 is 2. The molecular formula is C17H16O5. The Bertz CT molecular complexity index is 740. The summed E-state index contributed by atoms with van der Waals surface area (Å²) in [4.78, 5) is 0. The summed E-state index contributed by atoms with van der Waals surface area (Å²) in [6.45, 7) is 0.533. The van der Waals surface area contributed by atoms with Gasteiger partial charge in [0.05, 0.1) is 26.7 Å². The van der Waals surface area contributed by atoms with Gasteiger partial charge in [-0.1, -0.05) is 6.07 Å². The highest BCUT2D eigenvalue weighted by molar-refractivity contribution is 5.56. The second-order valence-corrected chi connectivity index (χ2v) is 5.42. The standard InChI is InChI=1S/C17H16O5/c1-19-15-6-11-13(7-16(15)20-2)21-8-12-10-4-3-9(18)5-14(10)22-17(11)12/h3-7,12,17-18H,8H2,1-2H3/t12-,17+/m1/s1. The fourth-order valence-corrected chi connectivity index (χ4v) is 3.17. The number of phenolic OH excluding ortho intramolecular Hbond substituents is 1. The summed E-state index contributed by atoms with van der Waals surface area (Å²) in [5.74, 6) is 3.05. The highest BCUT2D eigenvalue weighted by Gasteiger charge is 2.41. The van der Waals surface area contributed by atoms with Gasteiger partial charge in [0.25, 0.3) is 0 Å². The molecule has 0 aromatic heterocycles. The van der Waals surface area contributed by atoms with Crippen molar-refractivity contribution in [3.63, 3.8) is 0 Å². The Labute approximate surface area is 128 Å². The van der Waals surface area contributed by atoms with Gasteiger partial charge in [-0.25, -0.2) is 0 Å². The maximum atomic E-state index is 9.63. The fourth-order valence-electron chi connectivity index (χ4n) is 3.17. The van der Waals surface area contributed by atoms with Crippen LogP contribution in [0.4, 0.5) is 0 Å². The van der Waals surface area contributed by atoms with Gasteiger partial charge >= 0.3 is 0 Å². The maximum absolute atomic E-state index is 9.63. The lowest BCUT2D eigenvalue weighted by molar-refractivity contribution is 0.138. The van der Waals surface area contributed by atoms with Crippen molar-refractivity contribution in [2.75, 3.05) is 20.8 Å². The normalized spacial score (nSPS) is 21.0. The van der Waals surface area contributed by atoms with Gasteiger partial charge < -0.3 is 24.1 Å². The first-order valence-corrected chi connectivity index (χ1v) is 7.09. The van der Waals surface area contributed by atoms with Crippen LogP contribution in [0.15, 0.2) is 30.3 Å². The summed E-state index contributed by atoms with van der Waals surface area (Å²) in [5.41, 5.74) is 1.99. The molecule has 2 aromatic carbocycles. The van der Waals surface area contributed by atoms with Gasteiger partial charge in [-0.15, -0.1) is 0 Å². The molecule has 4 rings (SSSR count). The summed E-state index contributed by atoms with van der Waals surface area (Å²) in [6, 6.07) is 8.94. The van der Waals surface area contributed by atoms with E-state index in [9.17, 15) is 5.11 Å². The molecule has 114 valence electrons. The zero-order valence-electron chi connectivity index (χ0n) is 12.3. The van der Waals surface area contributed by atoms with Crippen molar-refractivity contribution in [2.45, 2.75) is 12.0 Å². The van der Waals surface area contributed by atoms with E-state index in [0.717, 1.165) is 16.9 Å². The average molecular weight is 300 g/mol. The Hall–Kier alpha value is -2.56. The van der Waals surface area contributed by atoms with Gasteiger partial charge in [-0.05, 0) is 12.1 Å². The van der Waals surface area contributed by atoms with E-state index in [1.165, 1.54) is 0 Å². The minimum Gasteiger partial charge on any atom is -0.508 e. The Balaban J connectivity index is 1.80. The summed E-state index contributed by atoms with van der Waals surface area (Å²) in [6.07, 6.45) is -0.139.